The molecule has 1 aromatic carbocycles. The highest BCUT2D eigenvalue weighted by Gasteiger charge is 2.41. The number of carboxylic acid groups (broad SMARTS) is 1. The maximum absolute atomic E-state index is 12.6. The van der Waals surface area contributed by atoms with E-state index in [4.69, 9.17) is 0 Å². The number of rotatable bonds is 6. The number of nitrogens with zero attached hydrogens (tertiary/aromatic N) is 1. The van der Waals surface area contributed by atoms with Gasteiger partial charge in [-0.15, -0.1) is 0 Å². The average molecular weight is 346 g/mol. The van der Waals surface area contributed by atoms with Gasteiger partial charge < -0.3 is 15.3 Å². The zero-order valence-electron chi connectivity index (χ0n) is 15.2. The maximum atomic E-state index is 12.6. The van der Waals surface area contributed by atoms with Crippen LogP contribution in [0.25, 0.3) is 0 Å². The van der Waals surface area contributed by atoms with Gasteiger partial charge in [0.1, 0.15) is 11.5 Å². The van der Waals surface area contributed by atoms with Crippen molar-refractivity contribution in [2.75, 3.05) is 11.4 Å². The van der Waals surface area contributed by atoms with Gasteiger partial charge in [-0.2, -0.15) is 0 Å². The molecule has 1 heterocycles. The van der Waals surface area contributed by atoms with Gasteiger partial charge in [0.05, 0.1) is 0 Å². The first-order valence-electron chi connectivity index (χ1n) is 8.66. The lowest BCUT2D eigenvalue weighted by atomic mass is 9.97. The minimum Gasteiger partial charge on any atom is -0.480 e. The number of nitrogens with one attached hydrogen (secondary N) is 1. The van der Waals surface area contributed by atoms with Crippen molar-refractivity contribution in [1.82, 2.24) is 5.32 Å². The van der Waals surface area contributed by atoms with Gasteiger partial charge in [0, 0.05) is 12.2 Å². The van der Waals surface area contributed by atoms with Crippen LogP contribution >= 0.6 is 0 Å². The van der Waals surface area contributed by atoms with Crippen molar-refractivity contribution in [1.29, 1.82) is 0 Å². The van der Waals surface area contributed by atoms with Gasteiger partial charge >= 0.3 is 5.97 Å². The Morgan fingerprint density at radius 2 is 1.92 bits per heavy atom. The molecule has 2 unspecified atom stereocenters. The van der Waals surface area contributed by atoms with E-state index in [1.165, 1.54) is 12.5 Å². The van der Waals surface area contributed by atoms with Crippen molar-refractivity contribution in [3.63, 3.8) is 0 Å². The molecule has 0 radical (unpaired) electrons. The van der Waals surface area contributed by atoms with E-state index in [1.807, 2.05) is 24.3 Å². The predicted octanol–water partition coefficient (Wildman–Crippen LogP) is 2.53. The zero-order chi connectivity index (χ0) is 18.8. The van der Waals surface area contributed by atoms with Crippen LogP contribution in [0.2, 0.25) is 0 Å². The number of aliphatic carboxylic acids is 1. The number of carboxylic acids is 1. The Labute approximate surface area is 148 Å². The largest absolute Gasteiger partial charge is 0.480 e. The summed E-state index contributed by atoms with van der Waals surface area (Å²) in [5, 5.41) is 11.8. The highest BCUT2D eigenvalue weighted by atomic mass is 16.4. The molecule has 0 bridgehead atoms. The molecule has 0 aliphatic carbocycles. The lowest BCUT2D eigenvalue weighted by Crippen LogP contribution is -2.54. The number of carbonyl (C=O) groups is 3. The van der Waals surface area contributed by atoms with E-state index in [9.17, 15) is 19.5 Å². The number of hydrogen-bond acceptors (Lipinski definition) is 3. The Morgan fingerprint density at radius 3 is 2.40 bits per heavy atom. The predicted molar refractivity (Wildman–Crippen MR) is 95.5 cm³/mol. The summed E-state index contributed by atoms with van der Waals surface area (Å²) in [5.41, 5.74) is 0.593. The molecule has 1 fully saturated rings. The minimum absolute atomic E-state index is 0.245. The third-order valence-corrected chi connectivity index (χ3v) is 4.97. The van der Waals surface area contributed by atoms with E-state index in [0.717, 1.165) is 5.69 Å². The summed E-state index contributed by atoms with van der Waals surface area (Å²) in [5.74, 6) is -2.33. The lowest BCUT2D eigenvalue weighted by molar-refractivity contribution is -0.148. The van der Waals surface area contributed by atoms with Crippen molar-refractivity contribution in [3.8, 4) is 0 Å². The van der Waals surface area contributed by atoms with Crippen molar-refractivity contribution in [2.24, 2.45) is 5.92 Å². The quantitative estimate of drug-likeness (QED) is 0.775. The highest BCUT2D eigenvalue weighted by Crippen LogP contribution is 2.27. The summed E-state index contributed by atoms with van der Waals surface area (Å²) in [4.78, 5) is 38.0. The van der Waals surface area contributed by atoms with Crippen LogP contribution in [0, 0.1) is 5.92 Å². The van der Waals surface area contributed by atoms with Gasteiger partial charge in [-0.3, -0.25) is 9.59 Å². The van der Waals surface area contributed by atoms with Crippen LogP contribution in [0.4, 0.5) is 5.69 Å². The Bertz CT molecular complexity index is 669. The number of hydrogen-bond donors (Lipinski definition) is 2. The molecule has 6 nitrogen and oxygen atoms in total. The normalized spacial score (nSPS) is 19.8. The Morgan fingerprint density at radius 1 is 1.32 bits per heavy atom. The van der Waals surface area contributed by atoms with Crippen LogP contribution < -0.4 is 10.2 Å². The van der Waals surface area contributed by atoms with Crippen LogP contribution in [0.3, 0.4) is 0 Å². The van der Waals surface area contributed by atoms with E-state index in [0.29, 0.717) is 18.9 Å². The molecule has 2 N–H and O–H groups in total. The van der Waals surface area contributed by atoms with Crippen LogP contribution in [0.15, 0.2) is 24.3 Å². The highest BCUT2D eigenvalue weighted by molar-refractivity contribution is 6.10. The molecule has 0 spiro atoms. The number of anilines is 1. The van der Waals surface area contributed by atoms with E-state index in [1.54, 1.807) is 11.8 Å². The third-order valence-electron chi connectivity index (χ3n) is 4.97. The van der Waals surface area contributed by atoms with Crippen LogP contribution in [0.1, 0.15) is 52.0 Å². The van der Waals surface area contributed by atoms with E-state index < -0.39 is 23.3 Å². The minimum atomic E-state index is -1.36. The van der Waals surface area contributed by atoms with Crippen molar-refractivity contribution in [3.05, 3.63) is 29.8 Å². The standard InChI is InChI=1S/C19H26N2O4/c1-5-19(4,18(24)25)20-16(22)15-10-11-21(17(15)23)14-8-6-13(7-9-14)12(2)3/h6-9,12,15H,5,10-11H2,1-4H3,(H,20,22)(H,24,25). The van der Waals surface area contributed by atoms with Crippen LogP contribution in [-0.2, 0) is 14.4 Å². The maximum Gasteiger partial charge on any atom is 0.329 e. The second-order valence-corrected chi connectivity index (χ2v) is 7.06. The summed E-state index contributed by atoms with van der Waals surface area (Å²) in [6.07, 6.45) is 0.630. The smallest absolute Gasteiger partial charge is 0.329 e. The molecule has 2 amide bonds. The molecular weight excluding hydrogens is 320 g/mol. The average Bonchev–Trinajstić information content (AvgIpc) is 2.96. The Hall–Kier alpha value is -2.37. The van der Waals surface area contributed by atoms with Crippen molar-refractivity contribution < 1.29 is 19.5 Å². The van der Waals surface area contributed by atoms with Gasteiger partial charge in [-0.25, -0.2) is 4.79 Å². The fourth-order valence-electron chi connectivity index (χ4n) is 2.87. The molecule has 2 rings (SSSR count). The summed E-state index contributed by atoms with van der Waals surface area (Å²) < 4.78 is 0. The summed E-state index contributed by atoms with van der Waals surface area (Å²) in [7, 11) is 0. The first kappa shape index (κ1) is 19.0. The first-order valence-corrected chi connectivity index (χ1v) is 8.66. The first-order chi connectivity index (χ1) is 11.7. The van der Waals surface area contributed by atoms with Crippen LogP contribution in [-0.4, -0.2) is 35.0 Å². The molecule has 1 aromatic rings. The molecule has 6 heteroatoms. The van der Waals surface area contributed by atoms with Gasteiger partial charge in [-0.05, 0) is 43.4 Å². The molecule has 1 saturated heterocycles. The summed E-state index contributed by atoms with van der Waals surface area (Å²) >= 11 is 0. The van der Waals surface area contributed by atoms with Gasteiger partial charge in [0.25, 0.3) is 0 Å². The molecule has 136 valence electrons. The lowest BCUT2D eigenvalue weighted by Gasteiger charge is -2.26. The molecule has 0 saturated carbocycles. The van der Waals surface area contributed by atoms with E-state index in [-0.39, 0.29) is 12.3 Å². The fourth-order valence-corrected chi connectivity index (χ4v) is 2.87. The molecule has 0 aromatic heterocycles. The fraction of sp³-hybridized carbons (Fsp3) is 0.526. The van der Waals surface area contributed by atoms with E-state index in [2.05, 4.69) is 19.2 Å². The van der Waals surface area contributed by atoms with E-state index >= 15 is 0 Å². The van der Waals surface area contributed by atoms with Gasteiger partial charge in [0.15, 0.2) is 0 Å². The number of amides is 2. The monoisotopic (exact) mass is 346 g/mol. The second kappa shape index (κ2) is 7.25. The number of carbonyl (C=O) groups excluding carboxylic acids is 2. The molecule has 25 heavy (non-hydrogen) atoms. The molecule has 2 atom stereocenters. The van der Waals surface area contributed by atoms with Crippen molar-refractivity contribution >= 4 is 23.5 Å². The van der Waals surface area contributed by atoms with Crippen LogP contribution in [0.5, 0.6) is 0 Å². The SMILES string of the molecule is CCC(C)(NC(=O)C1CCN(c2ccc(C(C)C)cc2)C1=O)C(=O)O. The van der Waals surface area contributed by atoms with Gasteiger partial charge in [-0.1, -0.05) is 32.9 Å². The van der Waals surface area contributed by atoms with Crippen molar-refractivity contribution in [2.45, 2.75) is 52.0 Å². The number of benzene rings is 1. The molecular formula is C19H26N2O4. The zero-order valence-corrected chi connectivity index (χ0v) is 15.2. The second-order valence-electron chi connectivity index (χ2n) is 7.06. The Kier molecular flexibility index (Phi) is 5.50. The van der Waals surface area contributed by atoms with Gasteiger partial charge in [0.2, 0.25) is 11.8 Å². The summed E-state index contributed by atoms with van der Waals surface area (Å²) in [6, 6.07) is 7.75. The molecule has 1 aliphatic heterocycles. The third kappa shape index (κ3) is 3.83. The molecule has 1 aliphatic rings. The Balaban J connectivity index is 2.10. The topological polar surface area (TPSA) is 86.7 Å². The summed E-state index contributed by atoms with van der Waals surface area (Å²) in [6.45, 7) is 7.80.